The topological polar surface area (TPSA) is 43.4 Å². The van der Waals surface area contributed by atoms with Crippen molar-refractivity contribution in [2.24, 2.45) is 5.92 Å². The van der Waals surface area contributed by atoms with Crippen LogP contribution in [0.1, 0.15) is 27.4 Å². The highest BCUT2D eigenvalue weighted by molar-refractivity contribution is 6.04. The van der Waals surface area contributed by atoms with Gasteiger partial charge >= 0.3 is 5.97 Å². The average Bonchev–Trinajstić information content (AvgIpc) is 2.93. The summed E-state index contributed by atoms with van der Waals surface area (Å²) < 4.78 is 4.89. The molecule has 2 atom stereocenters. The van der Waals surface area contributed by atoms with Crippen molar-refractivity contribution < 1.29 is 14.3 Å². The molecule has 0 heterocycles. The molecule has 0 amide bonds. The average molecular weight is 280 g/mol. The maximum atomic E-state index is 12.8. The molecule has 21 heavy (non-hydrogen) atoms. The molecule has 3 rings (SSSR count). The van der Waals surface area contributed by atoms with Gasteiger partial charge in [-0.3, -0.25) is 9.59 Å². The molecule has 0 aromatic heterocycles. The number of benzene rings is 2. The first-order valence-corrected chi connectivity index (χ1v) is 6.97. The molecule has 106 valence electrons. The van der Waals surface area contributed by atoms with Crippen molar-refractivity contribution in [3.8, 4) is 0 Å². The van der Waals surface area contributed by atoms with Crippen LogP contribution in [0.2, 0.25) is 0 Å². The summed E-state index contributed by atoms with van der Waals surface area (Å²) in [6.07, 6.45) is 0.562. The maximum Gasteiger partial charge on any atom is 0.310 e. The number of carbonyl (C=O) groups excluding carboxylic acids is 2. The molecular weight excluding hydrogens is 264 g/mol. The van der Waals surface area contributed by atoms with Crippen LogP contribution in [-0.4, -0.2) is 18.9 Å². The number of esters is 1. The predicted octanol–water partition coefficient (Wildman–Crippen LogP) is 3.00. The summed E-state index contributed by atoms with van der Waals surface area (Å²) in [6.45, 7) is 0. The first-order valence-electron chi connectivity index (χ1n) is 6.97. The molecule has 0 bridgehead atoms. The lowest BCUT2D eigenvalue weighted by Crippen LogP contribution is -2.26. The number of Topliss-reactive ketones (excluding diaryl/α,β-unsaturated/α-hetero) is 1. The summed E-state index contributed by atoms with van der Waals surface area (Å²) in [7, 11) is 1.37. The van der Waals surface area contributed by atoms with Crippen molar-refractivity contribution in [1.29, 1.82) is 0 Å². The van der Waals surface area contributed by atoms with E-state index >= 15 is 0 Å². The van der Waals surface area contributed by atoms with Crippen LogP contribution in [0.3, 0.4) is 0 Å². The van der Waals surface area contributed by atoms with Crippen LogP contribution in [0.4, 0.5) is 0 Å². The van der Waals surface area contributed by atoms with E-state index in [0.29, 0.717) is 12.0 Å². The third kappa shape index (κ3) is 2.35. The number of rotatable bonds is 3. The highest BCUT2D eigenvalue weighted by Gasteiger charge is 2.42. The summed E-state index contributed by atoms with van der Waals surface area (Å²) in [4.78, 5) is 24.9. The van der Waals surface area contributed by atoms with E-state index in [1.165, 1.54) is 7.11 Å². The van der Waals surface area contributed by atoms with Crippen LogP contribution in [0.15, 0.2) is 54.6 Å². The number of ether oxygens (including phenoxy) is 1. The normalized spacial score (nSPS) is 19.9. The second-order valence-electron chi connectivity index (χ2n) is 5.24. The number of methoxy groups -OCH3 is 1. The molecule has 0 unspecified atom stereocenters. The van der Waals surface area contributed by atoms with E-state index in [2.05, 4.69) is 0 Å². The van der Waals surface area contributed by atoms with E-state index in [-0.39, 0.29) is 11.8 Å². The Bertz CT molecular complexity index is 676. The predicted molar refractivity (Wildman–Crippen MR) is 79.2 cm³/mol. The van der Waals surface area contributed by atoms with E-state index in [9.17, 15) is 9.59 Å². The zero-order valence-electron chi connectivity index (χ0n) is 11.8. The molecule has 0 N–H and O–H groups in total. The zero-order chi connectivity index (χ0) is 14.8. The molecule has 1 aliphatic rings. The Morgan fingerprint density at radius 2 is 1.67 bits per heavy atom. The van der Waals surface area contributed by atoms with Gasteiger partial charge in [0.2, 0.25) is 0 Å². The Hall–Kier alpha value is -2.42. The molecule has 0 spiro atoms. The van der Waals surface area contributed by atoms with Gasteiger partial charge in [0.25, 0.3) is 0 Å². The first kappa shape index (κ1) is 13.6. The molecule has 0 fully saturated rings. The van der Waals surface area contributed by atoms with Crippen LogP contribution >= 0.6 is 0 Å². The summed E-state index contributed by atoms with van der Waals surface area (Å²) in [5, 5.41) is 0. The summed E-state index contributed by atoms with van der Waals surface area (Å²) in [6, 6.07) is 16.9. The van der Waals surface area contributed by atoms with Gasteiger partial charge in [-0.15, -0.1) is 0 Å². The Morgan fingerprint density at radius 1 is 1.00 bits per heavy atom. The standard InChI is InChI=1S/C18H16O3/c1-21-18(20)15-11-13-9-5-6-10-14(13)16(15)17(19)12-7-3-2-4-8-12/h2-10,15-16H,11H2,1H3/t15-,16-/m1/s1. The number of hydrogen-bond donors (Lipinski definition) is 0. The molecule has 0 saturated carbocycles. The van der Waals surface area contributed by atoms with Crippen molar-refractivity contribution in [3.63, 3.8) is 0 Å². The van der Waals surface area contributed by atoms with Crippen molar-refractivity contribution in [3.05, 3.63) is 71.3 Å². The largest absolute Gasteiger partial charge is 0.469 e. The third-order valence-electron chi connectivity index (χ3n) is 4.08. The first-order chi connectivity index (χ1) is 10.2. The van der Waals surface area contributed by atoms with Gasteiger partial charge in [0, 0.05) is 5.56 Å². The minimum atomic E-state index is -0.448. The molecule has 2 aromatic carbocycles. The summed E-state index contributed by atoms with van der Waals surface area (Å²) >= 11 is 0. The van der Waals surface area contributed by atoms with Gasteiger partial charge in [-0.1, -0.05) is 54.6 Å². The molecule has 0 radical (unpaired) electrons. The quantitative estimate of drug-likeness (QED) is 0.641. The lowest BCUT2D eigenvalue weighted by atomic mass is 9.85. The molecule has 3 nitrogen and oxygen atoms in total. The van der Waals surface area contributed by atoms with Gasteiger partial charge in [0.15, 0.2) is 5.78 Å². The Labute approximate surface area is 123 Å². The smallest absolute Gasteiger partial charge is 0.310 e. The zero-order valence-corrected chi connectivity index (χ0v) is 11.8. The van der Waals surface area contributed by atoms with Crippen LogP contribution in [0.5, 0.6) is 0 Å². The lowest BCUT2D eigenvalue weighted by Gasteiger charge is -2.17. The fourth-order valence-electron chi connectivity index (χ4n) is 3.07. The highest BCUT2D eigenvalue weighted by atomic mass is 16.5. The monoisotopic (exact) mass is 280 g/mol. The molecule has 1 aliphatic carbocycles. The van der Waals surface area contributed by atoms with E-state index in [1.54, 1.807) is 12.1 Å². The van der Waals surface area contributed by atoms with E-state index < -0.39 is 11.8 Å². The number of fused-ring (bicyclic) bond motifs is 1. The number of carbonyl (C=O) groups is 2. The Kier molecular flexibility index (Phi) is 3.57. The van der Waals surface area contributed by atoms with Crippen LogP contribution in [0.25, 0.3) is 0 Å². The molecule has 0 saturated heterocycles. The van der Waals surface area contributed by atoms with Gasteiger partial charge in [-0.05, 0) is 17.5 Å². The molecule has 2 aromatic rings. The van der Waals surface area contributed by atoms with Crippen molar-refractivity contribution in [1.82, 2.24) is 0 Å². The Morgan fingerprint density at radius 3 is 2.38 bits per heavy atom. The van der Waals surface area contributed by atoms with Crippen LogP contribution in [-0.2, 0) is 16.0 Å². The second kappa shape index (κ2) is 5.52. The SMILES string of the molecule is COC(=O)[C@@H]1Cc2ccccc2[C@H]1C(=O)c1ccccc1. The van der Waals surface area contributed by atoms with E-state index in [4.69, 9.17) is 4.74 Å². The number of hydrogen-bond acceptors (Lipinski definition) is 3. The molecular formula is C18H16O3. The van der Waals surface area contributed by atoms with Crippen molar-refractivity contribution >= 4 is 11.8 Å². The fourth-order valence-corrected chi connectivity index (χ4v) is 3.07. The minimum Gasteiger partial charge on any atom is -0.469 e. The second-order valence-corrected chi connectivity index (χ2v) is 5.24. The summed E-state index contributed by atoms with van der Waals surface area (Å²) in [5.41, 5.74) is 2.64. The Balaban J connectivity index is 2.03. The van der Waals surface area contributed by atoms with Gasteiger partial charge in [0.05, 0.1) is 18.9 Å². The maximum absolute atomic E-state index is 12.8. The molecule has 3 heteroatoms. The van der Waals surface area contributed by atoms with E-state index in [0.717, 1.165) is 11.1 Å². The van der Waals surface area contributed by atoms with Gasteiger partial charge < -0.3 is 4.74 Å². The lowest BCUT2D eigenvalue weighted by molar-refractivity contribution is -0.145. The van der Waals surface area contributed by atoms with Crippen LogP contribution < -0.4 is 0 Å². The number of ketones is 1. The minimum absolute atomic E-state index is 0.0176. The third-order valence-corrected chi connectivity index (χ3v) is 4.08. The highest BCUT2D eigenvalue weighted by Crippen LogP contribution is 2.40. The van der Waals surface area contributed by atoms with E-state index in [1.807, 2.05) is 42.5 Å². The molecule has 0 aliphatic heterocycles. The van der Waals surface area contributed by atoms with Gasteiger partial charge in [-0.2, -0.15) is 0 Å². The summed E-state index contributed by atoms with van der Waals surface area (Å²) in [5.74, 6) is -1.22. The van der Waals surface area contributed by atoms with Gasteiger partial charge in [-0.25, -0.2) is 0 Å². The van der Waals surface area contributed by atoms with Crippen molar-refractivity contribution in [2.45, 2.75) is 12.3 Å². The van der Waals surface area contributed by atoms with Crippen LogP contribution in [0, 0.1) is 5.92 Å². The van der Waals surface area contributed by atoms with Crippen molar-refractivity contribution in [2.75, 3.05) is 7.11 Å². The fraction of sp³-hybridized carbons (Fsp3) is 0.222. The van der Waals surface area contributed by atoms with Gasteiger partial charge in [0.1, 0.15) is 0 Å².